The van der Waals surface area contributed by atoms with E-state index < -0.39 is 12.6 Å². The van der Waals surface area contributed by atoms with Crippen LogP contribution in [-0.4, -0.2) is 35.2 Å². The van der Waals surface area contributed by atoms with Gasteiger partial charge in [0, 0.05) is 41.7 Å². The van der Waals surface area contributed by atoms with Crippen molar-refractivity contribution in [1.29, 1.82) is 0 Å². The molecule has 0 radical (unpaired) electrons. The van der Waals surface area contributed by atoms with Crippen LogP contribution in [0, 0.1) is 11.8 Å². The van der Waals surface area contributed by atoms with E-state index >= 15 is 0 Å². The summed E-state index contributed by atoms with van der Waals surface area (Å²) in [6, 6.07) is 12.1. The minimum atomic E-state index is -4.22. The molecule has 1 heterocycles. The van der Waals surface area contributed by atoms with Crippen molar-refractivity contribution in [2.24, 2.45) is 5.73 Å². The van der Waals surface area contributed by atoms with Crippen LogP contribution >= 0.6 is 0 Å². The Balaban J connectivity index is 0.00000201. The third kappa shape index (κ3) is 11.8. The highest BCUT2D eigenvalue weighted by molar-refractivity contribution is 5.42. The molecule has 41 heavy (non-hydrogen) atoms. The average Bonchev–Trinajstić information content (AvgIpc) is 3.75. The Kier molecular flexibility index (Phi) is 14.9. The van der Waals surface area contributed by atoms with E-state index in [1.54, 1.807) is 18.3 Å². The Hall–Kier alpha value is -3.66. The van der Waals surface area contributed by atoms with Crippen LogP contribution in [0.1, 0.15) is 77.1 Å². The zero-order valence-corrected chi connectivity index (χ0v) is 25.4. The van der Waals surface area contributed by atoms with Gasteiger partial charge in [0.25, 0.3) is 0 Å². The van der Waals surface area contributed by atoms with Gasteiger partial charge in [-0.25, -0.2) is 4.98 Å². The first-order chi connectivity index (χ1) is 19.5. The zero-order valence-electron chi connectivity index (χ0n) is 25.4. The van der Waals surface area contributed by atoms with Crippen molar-refractivity contribution in [3.8, 4) is 11.8 Å². The van der Waals surface area contributed by atoms with Crippen molar-refractivity contribution < 1.29 is 13.2 Å². The number of nitrogens with zero attached hydrogens (tertiary/aromatic N) is 2. The molecule has 0 spiro atoms. The fraction of sp³-hybridized carbons (Fsp3) is 0.441. The predicted molar refractivity (Wildman–Crippen MR) is 166 cm³/mol. The lowest BCUT2D eigenvalue weighted by molar-refractivity contribution is -0.127. The Morgan fingerprint density at radius 3 is 2.20 bits per heavy atom. The normalized spacial score (nSPS) is 13.5. The summed E-state index contributed by atoms with van der Waals surface area (Å²) in [5.74, 6) is 6.24. The molecule has 3 N–H and O–H groups in total. The van der Waals surface area contributed by atoms with Crippen molar-refractivity contribution >= 4 is 0 Å². The molecule has 0 saturated heterocycles. The molecular formula is C34H47F3N4. The van der Waals surface area contributed by atoms with Crippen LogP contribution in [0.5, 0.6) is 0 Å². The van der Waals surface area contributed by atoms with Crippen LogP contribution in [0.4, 0.5) is 13.2 Å². The Morgan fingerprint density at radius 1 is 1.07 bits per heavy atom. The summed E-state index contributed by atoms with van der Waals surface area (Å²) in [6.07, 6.45) is -0.250. The number of pyridine rings is 1. The molecule has 1 aromatic carbocycles. The van der Waals surface area contributed by atoms with Gasteiger partial charge in [-0.1, -0.05) is 90.6 Å². The minimum absolute atomic E-state index is 0.254. The highest BCUT2D eigenvalue weighted by atomic mass is 19.4. The van der Waals surface area contributed by atoms with E-state index in [9.17, 15) is 13.2 Å². The van der Waals surface area contributed by atoms with Gasteiger partial charge in [-0.3, -0.25) is 0 Å². The van der Waals surface area contributed by atoms with Gasteiger partial charge in [-0.05, 0) is 48.4 Å². The number of aromatic nitrogens is 1. The summed E-state index contributed by atoms with van der Waals surface area (Å²) < 4.78 is 38.3. The number of halogens is 3. The summed E-state index contributed by atoms with van der Waals surface area (Å²) in [5, 5.41) is 3.38. The fourth-order valence-electron chi connectivity index (χ4n) is 4.44. The van der Waals surface area contributed by atoms with Crippen LogP contribution in [0.15, 0.2) is 85.5 Å². The van der Waals surface area contributed by atoms with E-state index in [4.69, 9.17) is 5.73 Å². The molecule has 1 aliphatic carbocycles. The number of allylic oxidation sites excluding steroid dienone is 1. The van der Waals surface area contributed by atoms with Crippen LogP contribution in [0.3, 0.4) is 0 Å². The predicted octanol–water partition coefficient (Wildman–Crippen LogP) is 7.88. The van der Waals surface area contributed by atoms with Crippen molar-refractivity contribution in [1.82, 2.24) is 15.2 Å². The third-order valence-corrected chi connectivity index (χ3v) is 6.35. The summed E-state index contributed by atoms with van der Waals surface area (Å²) in [5.41, 5.74) is 9.80. The van der Waals surface area contributed by atoms with Crippen molar-refractivity contribution in [2.75, 3.05) is 13.1 Å². The van der Waals surface area contributed by atoms with Crippen molar-refractivity contribution in [3.63, 3.8) is 0 Å². The van der Waals surface area contributed by atoms with Crippen LogP contribution in [0.2, 0.25) is 0 Å². The Bertz CT molecular complexity index is 1150. The maximum Gasteiger partial charge on any atom is 0.393 e. The molecule has 7 heteroatoms. The minimum Gasteiger partial charge on any atom is -0.402 e. The second-order valence-electron chi connectivity index (χ2n) is 9.59. The number of hydrogen-bond donors (Lipinski definition) is 2. The van der Waals surface area contributed by atoms with Gasteiger partial charge in [0.15, 0.2) is 0 Å². The first kappa shape index (κ1) is 35.4. The van der Waals surface area contributed by atoms with E-state index in [0.717, 1.165) is 42.8 Å². The molecule has 4 nitrogen and oxygen atoms in total. The van der Waals surface area contributed by atoms with E-state index in [2.05, 4.69) is 53.7 Å². The molecule has 1 fully saturated rings. The lowest BCUT2D eigenvalue weighted by atomic mass is 9.90. The summed E-state index contributed by atoms with van der Waals surface area (Å²) in [4.78, 5) is 6.44. The highest BCUT2D eigenvalue weighted by Crippen LogP contribution is 2.54. The van der Waals surface area contributed by atoms with Crippen LogP contribution in [0.25, 0.3) is 0 Å². The maximum atomic E-state index is 12.8. The number of nitrogens with two attached hydrogens (primary N) is 1. The first-order valence-corrected chi connectivity index (χ1v) is 14.4. The van der Waals surface area contributed by atoms with Crippen LogP contribution in [-0.2, 0) is 11.8 Å². The van der Waals surface area contributed by atoms with Gasteiger partial charge in [-0.15, -0.1) is 0 Å². The lowest BCUT2D eigenvalue weighted by Crippen LogP contribution is -2.37. The smallest absolute Gasteiger partial charge is 0.393 e. The number of hydrogen-bond acceptors (Lipinski definition) is 4. The van der Waals surface area contributed by atoms with E-state index in [-0.39, 0.29) is 17.0 Å². The standard InChI is InChI=1S/C30H35F3N4.2C2H6/c1-5-18-37(21-23(3)36-28(19-22(2)34)14-13-27-8-6-7-17-35-27)24(4)29(15-16-29)26-11-9-25(10-12-26)20-30(31,32)33;2*1-2/h6-12,17,28,36H,2-5,15-16,18-21,34H2,1H3;2*1-2H3. The van der Waals surface area contributed by atoms with E-state index in [1.165, 1.54) is 0 Å². The third-order valence-electron chi connectivity index (χ3n) is 6.35. The number of rotatable bonds is 12. The molecule has 1 aliphatic rings. The van der Waals surface area contributed by atoms with Gasteiger partial charge in [0.2, 0.25) is 0 Å². The molecule has 1 aromatic heterocycles. The second-order valence-corrected chi connectivity index (χ2v) is 9.59. The number of alkyl halides is 3. The lowest BCUT2D eigenvalue weighted by Gasteiger charge is -2.33. The van der Waals surface area contributed by atoms with E-state index in [0.29, 0.717) is 24.4 Å². The molecule has 224 valence electrons. The van der Waals surface area contributed by atoms with Gasteiger partial charge in [0.05, 0.1) is 19.0 Å². The summed E-state index contributed by atoms with van der Waals surface area (Å²) in [6.45, 7) is 23.9. The fourth-order valence-corrected chi connectivity index (χ4v) is 4.44. The second kappa shape index (κ2) is 17.2. The van der Waals surface area contributed by atoms with Gasteiger partial charge in [0.1, 0.15) is 5.69 Å². The molecule has 2 aromatic rings. The summed E-state index contributed by atoms with van der Waals surface area (Å²) in [7, 11) is 0. The number of benzene rings is 1. The molecule has 3 rings (SSSR count). The SMILES string of the molecule is C=C(N)CC(C#Cc1ccccn1)NC(=C)CN(CCC)C(=C)C1(c2ccc(CC(F)(F)F)cc2)CC1.CC.CC. The van der Waals surface area contributed by atoms with Crippen LogP contribution < -0.4 is 11.1 Å². The topological polar surface area (TPSA) is 54.2 Å². The molecule has 1 atom stereocenters. The Morgan fingerprint density at radius 2 is 1.71 bits per heavy atom. The largest absolute Gasteiger partial charge is 0.402 e. The average molecular weight is 569 g/mol. The van der Waals surface area contributed by atoms with Gasteiger partial charge in [-0.2, -0.15) is 13.2 Å². The molecular weight excluding hydrogens is 521 g/mol. The van der Waals surface area contributed by atoms with Crippen molar-refractivity contribution in [3.05, 3.63) is 102 Å². The molecule has 0 amide bonds. The molecule has 1 unspecified atom stereocenters. The van der Waals surface area contributed by atoms with E-state index in [1.807, 2.05) is 58.0 Å². The zero-order chi connectivity index (χ0) is 31.1. The maximum absolute atomic E-state index is 12.8. The summed E-state index contributed by atoms with van der Waals surface area (Å²) >= 11 is 0. The van der Waals surface area contributed by atoms with Gasteiger partial charge < -0.3 is 16.0 Å². The highest BCUT2D eigenvalue weighted by Gasteiger charge is 2.48. The molecule has 0 bridgehead atoms. The molecule has 0 aliphatic heterocycles. The van der Waals surface area contributed by atoms with Crippen molar-refractivity contribution in [2.45, 2.75) is 84.4 Å². The molecule has 1 saturated carbocycles. The quantitative estimate of drug-likeness (QED) is 0.256. The number of nitrogens with one attached hydrogen (secondary N) is 1. The Labute approximate surface area is 245 Å². The monoisotopic (exact) mass is 568 g/mol. The van der Waals surface area contributed by atoms with Gasteiger partial charge >= 0.3 is 6.18 Å². The first-order valence-electron chi connectivity index (χ1n) is 14.4.